The Bertz CT molecular complexity index is 1370. The number of nitrogens with zero attached hydrogens (tertiary/aromatic N) is 4. The molecule has 32 heavy (non-hydrogen) atoms. The van der Waals surface area contributed by atoms with E-state index in [2.05, 4.69) is 27.4 Å². The summed E-state index contributed by atoms with van der Waals surface area (Å²) in [4.78, 5) is 18.0. The Morgan fingerprint density at radius 2 is 2.12 bits per heavy atom. The van der Waals surface area contributed by atoms with Crippen LogP contribution in [0.1, 0.15) is 49.9 Å². The number of halogens is 1. The molecule has 1 saturated carbocycles. The molecule has 4 aromatic rings. The molecular weight excluding hydrogens is 428 g/mol. The topological polar surface area (TPSA) is 112 Å². The average Bonchev–Trinajstić information content (AvgIpc) is 3.51. The smallest absolute Gasteiger partial charge is 0.260 e. The molecule has 1 aliphatic rings. The van der Waals surface area contributed by atoms with Crippen molar-refractivity contribution in [3.05, 3.63) is 63.5 Å². The van der Waals surface area contributed by atoms with Crippen LogP contribution in [0.5, 0.6) is 0 Å². The molecule has 1 aromatic carbocycles. The third kappa shape index (κ3) is 3.50. The fourth-order valence-electron chi connectivity index (χ4n) is 4.09. The van der Waals surface area contributed by atoms with Gasteiger partial charge in [-0.3, -0.25) is 4.79 Å². The van der Waals surface area contributed by atoms with Gasteiger partial charge in [0.2, 0.25) is 5.89 Å². The van der Waals surface area contributed by atoms with Gasteiger partial charge in [-0.25, -0.2) is 4.98 Å². The maximum Gasteiger partial charge on any atom is 0.260 e. The standard InChI is InChI=1S/C23H23ClN6O2/c1-3-17(27-21-20(16(25)9-10-26-21)22-29-28-12(2)32-22)18-11-13-5-4-6-15(24)19(13)23(31)30(18)14-7-8-14/h4-6,9-11,14,17H,3,7-8H2,1-2H3,(H3,25,26,27)/t17-/m0/s1. The zero-order chi connectivity index (χ0) is 22.4. The van der Waals surface area contributed by atoms with Crippen molar-refractivity contribution in [2.45, 2.75) is 45.2 Å². The largest absolute Gasteiger partial charge is 0.421 e. The Morgan fingerprint density at radius 1 is 1.31 bits per heavy atom. The number of nitrogen functional groups attached to an aromatic ring is 1. The highest BCUT2D eigenvalue weighted by atomic mass is 35.5. The van der Waals surface area contributed by atoms with Crippen molar-refractivity contribution in [2.24, 2.45) is 0 Å². The molecule has 0 radical (unpaired) electrons. The summed E-state index contributed by atoms with van der Waals surface area (Å²) in [6, 6.07) is 9.27. The van der Waals surface area contributed by atoms with Crippen molar-refractivity contribution in [2.75, 3.05) is 11.1 Å². The van der Waals surface area contributed by atoms with E-state index in [-0.39, 0.29) is 17.6 Å². The van der Waals surface area contributed by atoms with E-state index in [0.717, 1.165) is 30.3 Å². The Labute approximate surface area is 189 Å². The number of hydrogen-bond acceptors (Lipinski definition) is 7. The molecule has 0 spiro atoms. The zero-order valence-corrected chi connectivity index (χ0v) is 18.6. The van der Waals surface area contributed by atoms with E-state index in [1.807, 2.05) is 22.8 Å². The first-order valence-electron chi connectivity index (χ1n) is 10.6. The molecule has 164 valence electrons. The van der Waals surface area contributed by atoms with Gasteiger partial charge in [-0.2, -0.15) is 0 Å². The second-order valence-corrected chi connectivity index (χ2v) is 8.44. The van der Waals surface area contributed by atoms with Gasteiger partial charge < -0.3 is 20.0 Å². The summed E-state index contributed by atoms with van der Waals surface area (Å²) in [5, 5.41) is 13.4. The number of anilines is 2. The Kier molecular flexibility index (Phi) is 5.09. The minimum Gasteiger partial charge on any atom is -0.421 e. The first-order chi connectivity index (χ1) is 15.5. The highest BCUT2D eigenvalue weighted by Gasteiger charge is 2.31. The fraction of sp³-hybridized carbons (Fsp3) is 0.304. The zero-order valence-electron chi connectivity index (χ0n) is 17.8. The molecule has 0 aliphatic heterocycles. The minimum absolute atomic E-state index is 0.0564. The van der Waals surface area contributed by atoms with Crippen molar-refractivity contribution in [3.8, 4) is 11.5 Å². The highest BCUT2D eigenvalue weighted by molar-refractivity contribution is 6.35. The molecular formula is C23H23ClN6O2. The summed E-state index contributed by atoms with van der Waals surface area (Å²) in [5.41, 5.74) is 8.11. The number of hydrogen-bond donors (Lipinski definition) is 2. The lowest BCUT2D eigenvalue weighted by molar-refractivity contribution is 0.532. The maximum atomic E-state index is 13.5. The highest BCUT2D eigenvalue weighted by Crippen LogP contribution is 2.39. The predicted octanol–water partition coefficient (Wildman–Crippen LogP) is 4.89. The SMILES string of the molecule is CC[C@H](Nc1nccc(N)c1-c1nnc(C)o1)c1cc2cccc(Cl)c2c(=O)n1C1CC1. The monoisotopic (exact) mass is 450 g/mol. The van der Waals surface area contributed by atoms with Gasteiger partial charge in [0, 0.05) is 30.5 Å². The van der Waals surface area contributed by atoms with Crippen LogP contribution in [0.3, 0.4) is 0 Å². The van der Waals surface area contributed by atoms with Crippen molar-refractivity contribution >= 4 is 33.9 Å². The Morgan fingerprint density at radius 3 is 2.81 bits per heavy atom. The third-order valence-corrected chi connectivity index (χ3v) is 6.09. The Balaban J connectivity index is 1.64. The summed E-state index contributed by atoms with van der Waals surface area (Å²) in [7, 11) is 0. The van der Waals surface area contributed by atoms with Gasteiger partial charge in [-0.15, -0.1) is 10.2 Å². The van der Waals surface area contributed by atoms with E-state index >= 15 is 0 Å². The average molecular weight is 451 g/mol. The molecule has 1 fully saturated rings. The van der Waals surface area contributed by atoms with Crippen LogP contribution in [0.25, 0.3) is 22.2 Å². The van der Waals surface area contributed by atoms with Crippen molar-refractivity contribution in [3.63, 3.8) is 0 Å². The minimum atomic E-state index is -0.191. The van der Waals surface area contributed by atoms with E-state index in [9.17, 15) is 4.79 Å². The third-order valence-electron chi connectivity index (χ3n) is 5.77. The molecule has 0 unspecified atom stereocenters. The van der Waals surface area contributed by atoms with Crippen LogP contribution in [0.15, 0.2) is 45.7 Å². The van der Waals surface area contributed by atoms with Crippen LogP contribution in [0, 0.1) is 6.92 Å². The van der Waals surface area contributed by atoms with Gasteiger partial charge in [0.25, 0.3) is 11.4 Å². The van der Waals surface area contributed by atoms with E-state index in [1.165, 1.54) is 0 Å². The van der Waals surface area contributed by atoms with Gasteiger partial charge in [0.15, 0.2) is 0 Å². The molecule has 0 bridgehead atoms. The normalized spacial score (nSPS) is 14.6. The van der Waals surface area contributed by atoms with Crippen LogP contribution in [0.2, 0.25) is 5.02 Å². The summed E-state index contributed by atoms with van der Waals surface area (Å²) >= 11 is 6.39. The maximum absolute atomic E-state index is 13.5. The van der Waals surface area contributed by atoms with E-state index < -0.39 is 0 Å². The number of benzene rings is 1. The molecule has 3 N–H and O–H groups in total. The first kappa shape index (κ1) is 20.5. The summed E-state index contributed by atoms with van der Waals surface area (Å²) in [6.45, 7) is 3.78. The molecule has 9 heteroatoms. The number of nitrogens with one attached hydrogen (secondary N) is 1. The van der Waals surface area contributed by atoms with Crippen LogP contribution < -0.4 is 16.6 Å². The molecule has 1 atom stereocenters. The molecule has 1 aliphatic carbocycles. The number of rotatable bonds is 6. The number of aryl methyl sites for hydroxylation is 1. The van der Waals surface area contributed by atoms with Gasteiger partial charge in [0.05, 0.1) is 16.5 Å². The Hall–Kier alpha value is -3.39. The second kappa shape index (κ2) is 7.94. The first-order valence-corrected chi connectivity index (χ1v) is 11.0. The molecule has 5 rings (SSSR count). The number of pyridine rings is 2. The van der Waals surface area contributed by atoms with Crippen LogP contribution >= 0.6 is 11.6 Å². The van der Waals surface area contributed by atoms with Gasteiger partial charge in [-0.05, 0) is 42.8 Å². The lowest BCUT2D eigenvalue weighted by Crippen LogP contribution is -2.27. The predicted molar refractivity (Wildman–Crippen MR) is 125 cm³/mol. The summed E-state index contributed by atoms with van der Waals surface area (Å²) in [6.07, 6.45) is 4.30. The van der Waals surface area contributed by atoms with E-state index in [0.29, 0.717) is 39.3 Å². The summed E-state index contributed by atoms with van der Waals surface area (Å²) < 4.78 is 7.51. The van der Waals surface area contributed by atoms with Crippen LogP contribution in [0.4, 0.5) is 11.5 Å². The van der Waals surface area contributed by atoms with Crippen molar-refractivity contribution < 1.29 is 4.42 Å². The van der Waals surface area contributed by atoms with Gasteiger partial charge >= 0.3 is 0 Å². The number of aromatic nitrogens is 4. The lowest BCUT2D eigenvalue weighted by Gasteiger charge is -2.24. The summed E-state index contributed by atoms with van der Waals surface area (Å²) in [5.74, 6) is 1.27. The van der Waals surface area contributed by atoms with Gasteiger partial charge in [0.1, 0.15) is 11.4 Å². The van der Waals surface area contributed by atoms with Crippen LogP contribution in [-0.4, -0.2) is 19.7 Å². The molecule has 3 heterocycles. The molecule has 0 amide bonds. The van der Waals surface area contributed by atoms with E-state index in [1.54, 1.807) is 25.3 Å². The van der Waals surface area contributed by atoms with E-state index in [4.69, 9.17) is 21.8 Å². The van der Waals surface area contributed by atoms with Crippen molar-refractivity contribution in [1.29, 1.82) is 0 Å². The number of nitrogens with two attached hydrogens (primary N) is 1. The lowest BCUT2D eigenvalue weighted by atomic mass is 10.0. The molecule has 3 aromatic heterocycles. The second-order valence-electron chi connectivity index (χ2n) is 8.03. The van der Waals surface area contributed by atoms with Gasteiger partial charge in [-0.1, -0.05) is 30.7 Å². The quantitative estimate of drug-likeness (QED) is 0.430. The van der Waals surface area contributed by atoms with Crippen LogP contribution in [-0.2, 0) is 0 Å². The molecule has 0 saturated heterocycles. The molecule has 8 nitrogen and oxygen atoms in total. The number of fused-ring (bicyclic) bond motifs is 1. The fourth-order valence-corrected chi connectivity index (χ4v) is 4.35. The van der Waals surface area contributed by atoms with Crippen molar-refractivity contribution in [1.82, 2.24) is 19.7 Å².